The van der Waals surface area contributed by atoms with Crippen molar-refractivity contribution in [3.05, 3.63) is 64.4 Å². The minimum atomic E-state index is -0.327. The number of nitrogen functional groups attached to an aromatic ring is 2. The number of nitrogens with two attached hydrogens (primary N) is 2. The number of hydrogen-bond acceptors (Lipinski definition) is 6. The number of nitriles is 1. The summed E-state index contributed by atoms with van der Waals surface area (Å²) in [5.74, 6) is -0.000301. The molecule has 0 saturated carbocycles. The molecule has 0 saturated heterocycles. The quantitative estimate of drug-likeness (QED) is 0.727. The fraction of sp³-hybridized carbons (Fsp3) is 0.0556. The first kappa shape index (κ1) is 17.5. The van der Waals surface area contributed by atoms with Crippen LogP contribution < -0.4 is 16.2 Å². The van der Waals surface area contributed by atoms with E-state index in [1.54, 1.807) is 30.3 Å². The van der Waals surface area contributed by atoms with Crippen molar-refractivity contribution in [2.45, 2.75) is 6.61 Å². The van der Waals surface area contributed by atoms with Gasteiger partial charge in [0.15, 0.2) is 0 Å². The van der Waals surface area contributed by atoms with E-state index in [0.717, 1.165) is 5.56 Å². The van der Waals surface area contributed by atoms with Gasteiger partial charge in [-0.2, -0.15) is 10.2 Å². The standard InChI is InChI=1S/C18H13ClFN5O/c19-11-3-6-15(26-9-10-1-4-12(20)5-2-10)13(7-11)16-14(8-21)17(22)25-18(23)24-16/h1-7H,9H2,(H4,22,23,24,25). The average Bonchev–Trinajstić information content (AvgIpc) is 2.61. The molecule has 3 aromatic rings. The smallest absolute Gasteiger partial charge is 0.222 e. The van der Waals surface area contributed by atoms with Crippen LogP contribution in [0.25, 0.3) is 11.3 Å². The SMILES string of the molecule is N#Cc1c(N)nc(N)nc1-c1cc(Cl)ccc1OCc1ccc(F)cc1. The van der Waals surface area contributed by atoms with E-state index >= 15 is 0 Å². The summed E-state index contributed by atoms with van der Waals surface area (Å²) in [5.41, 5.74) is 13.0. The van der Waals surface area contributed by atoms with Crippen LogP contribution in [0.3, 0.4) is 0 Å². The van der Waals surface area contributed by atoms with Crippen molar-refractivity contribution in [3.63, 3.8) is 0 Å². The first-order valence-electron chi connectivity index (χ1n) is 7.48. The zero-order chi connectivity index (χ0) is 18.7. The number of halogens is 2. The Balaban J connectivity index is 2.02. The summed E-state index contributed by atoms with van der Waals surface area (Å²) in [7, 11) is 0. The minimum Gasteiger partial charge on any atom is -0.488 e. The largest absolute Gasteiger partial charge is 0.488 e. The Morgan fingerprint density at radius 3 is 2.54 bits per heavy atom. The van der Waals surface area contributed by atoms with Crippen molar-refractivity contribution in [2.75, 3.05) is 11.5 Å². The van der Waals surface area contributed by atoms with Crippen molar-refractivity contribution in [1.82, 2.24) is 9.97 Å². The Morgan fingerprint density at radius 1 is 1.12 bits per heavy atom. The molecule has 0 aliphatic rings. The molecule has 0 aliphatic heterocycles. The molecule has 3 rings (SSSR count). The summed E-state index contributed by atoms with van der Waals surface area (Å²) in [5, 5.41) is 9.81. The average molecular weight is 370 g/mol. The molecule has 1 heterocycles. The molecule has 4 N–H and O–H groups in total. The summed E-state index contributed by atoms with van der Waals surface area (Å²) in [6.07, 6.45) is 0. The van der Waals surface area contributed by atoms with Crippen LogP contribution in [0.4, 0.5) is 16.2 Å². The van der Waals surface area contributed by atoms with Crippen LogP contribution in [-0.4, -0.2) is 9.97 Å². The Kier molecular flexibility index (Phi) is 4.87. The molecular weight excluding hydrogens is 357 g/mol. The monoisotopic (exact) mass is 369 g/mol. The van der Waals surface area contributed by atoms with Gasteiger partial charge in [0.25, 0.3) is 0 Å². The first-order chi connectivity index (χ1) is 12.5. The van der Waals surface area contributed by atoms with Gasteiger partial charge in [-0.3, -0.25) is 0 Å². The first-order valence-corrected chi connectivity index (χ1v) is 7.86. The van der Waals surface area contributed by atoms with E-state index in [1.165, 1.54) is 12.1 Å². The van der Waals surface area contributed by atoms with Gasteiger partial charge in [0, 0.05) is 10.6 Å². The molecule has 0 spiro atoms. The molecule has 8 heteroatoms. The van der Waals surface area contributed by atoms with Crippen LogP contribution in [0, 0.1) is 17.1 Å². The van der Waals surface area contributed by atoms with E-state index in [4.69, 9.17) is 27.8 Å². The molecule has 0 unspecified atom stereocenters. The molecule has 0 fully saturated rings. The third-order valence-corrected chi connectivity index (χ3v) is 3.81. The van der Waals surface area contributed by atoms with E-state index in [0.29, 0.717) is 16.3 Å². The number of ether oxygens (including phenoxy) is 1. The van der Waals surface area contributed by atoms with Crippen LogP contribution in [0.1, 0.15) is 11.1 Å². The Labute approximate surface area is 153 Å². The topological polar surface area (TPSA) is 111 Å². The molecule has 130 valence electrons. The maximum absolute atomic E-state index is 13.0. The van der Waals surface area contributed by atoms with E-state index in [1.807, 2.05) is 6.07 Å². The second-order valence-corrected chi connectivity index (χ2v) is 5.79. The predicted octanol–water partition coefficient (Wildman–Crippen LogP) is 3.55. The van der Waals surface area contributed by atoms with Crippen molar-refractivity contribution in [3.8, 4) is 23.1 Å². The van der Waals surface area contributed by atoms with Crippen LogP contribution in [0.5, 0.6) is 5.75 Å². The number of hydrogen-bond donors (Lipinski definition) is 2. The van der Waals surface area contributed by atoms with Crippen molar-refractivity contribution >= 4 is 23.4 Å². The summed E-state index contributed by atoms with van der Waals surface area (Å²) < 4.78 is 18.8. The number of anilines is 2. The maximum Gasteiger partial charge on any atom is 0.222 e. The molecule has 0 aliphatic carbocycles. The zero-order valence-electron chi connectivity index (χ0n) is 13.4. The molecule has 0 atom stereocenters. The van der Waals surface area contributed by atoms with E-state index in [9.17, 15) is 9.65 Å². The number of rotatable bonds is 4. The fourth-order valence-corrected chi connectivity index (χ4v) is 2.53. The van der Waals surface area contributed by atoms with Gasteiger partial charge in [0.1, 0.15) is 35.6 Å². The molecule has 0 amide bonds. The lowest BCUT2D eigenvalue weighted by Gasteiger charge is -2.13. The van der Waals surface area contributed by atoms with Gasteiger partial charge >= 0.3 is 0 Å². The molecule has 26 heavy (non-hydrogen) atoms. The van der Waals surface area contributed by atoms with E-state index < -0.39 is 0 Å². The lowest BCUT2D eigenvalue weighted by Crippen LogP contribution is -2.06. The third-order valence-electron chi connectivity index (χ3n) is 3.57. The fourth-order valence-electron chi connectivity index (χ4n) is 2.36. The maximum atomic E-state index is 13.0. The van der Waals surface area contributed by atoms with Crippen LogP contribution in [0.15, 0.2) is 42.5 Å². The van der Waals surface area contributed by atoms with Gasteiger partial charge in [-0.05, 0) is 35.9 Å². The van der Waals surface area contributed by atoms with Crippen LogP contribution in [-0.2, 0) is 6.61 Å². The zero-order valence-corrected chi connectivity index (χ0v) is 14.2. The van der Waals surface area contributed by atoms with Crippen molar-refractivity contribution in [2.24, 2.45) is 0 Å². The molecule has 6 nitrogen and oxygen atoms in total. The normalized spacial score (nSPS) is 10.3. The minimum absolute atomic E-state index is 0.0283. The summed E-state index contributed by atoms with van der Waals surface area (Å²) in [4.78, 5) is 7.92. The number of aromatic nitrogens is 2. The van der Waals surface area contributed by atoms with Crippen LogP contribution in [0.2, 0.25) is 5.02 Å². The molecule has 1 aromatic heterocycles. The lowest BCUT2D eigenvalue weighted by atomic mass is 10.1. The van der Waals surface area contributed by atoms with Gasteiger partial charge in [-0.1, -0.05) is 23.7 Å². The number of benzene rings is 2. The lowest BCUT2D eigenvalue weighted by molar-refractivity contribution is 0.307. The predicted molar refractivity (Wildman–Crippen MR) is 96.7 cm³/mol. The summed E-state index contributed by atoms with van der Waals surface area (Å²) in [6.45, 7) is 0.187. The van der Waals surface area contributed by atoms with Crippen molar-refractivity contribution in [1.29, 1.82) is 5.26 Å². The number of nitrogens with zero attached hydrogens (tertiary/aromatic N) is 3. The van der Waals surface area contributed by atoms with E-state index in [2.05, 4.69) is 9.97 Å². The Bertz CT molecular complexity index is 1000. The molecule has 0 bridgehead atoms. The highest BCUT2D eigenvalue weighted by Crippen LogP contribution is 2.35. The molecular formula is C18H13ClFN5O. The van der Waals surface area contributed by atoms with Gasteiger partial charge in [-0.25, -0.2) is 9.37 Å². The van der Waals surface area contributed by atoms with Crippen LogP contribution >= 0.6 is 11.6 Å². The summed E-state index contributed by atoms with van der Waals surface area (Å²) in [6, 6.07) is 12.8. The summed E-state index contributed by atoms with van der Waals surface area (Å²) >= 11 is 6.09. The van der Waals surface area contributed by atoms with Gasteiger partial charge in [0.2, 0.25) is 5.95 Å². The van der Waals surface area contributed by atoms with Crippen molar-refractivity contribution < 1.29 is 9.13 Å². The highest BCUT2D eigenvalue weighted by molar-refractivity contribution is 6.31. The highest BCUT2D eigenvalue weighted by atomic mass is 35.5. The molecule has 2 aromatic carbocycles. The second kappa shape index (κ2) is 7.25. The highest BCUT2D eigenvalue weighted by Gasteiger charge is 2.17. The van der Waals surface area contributed by atoms with Gasteiger partial charge in [0.05, 0.1) is 5.69 Å². The van der Waals surface area contributed by atoms with E-state index in [-0.39, 0.29) is 35.4 Å². The Morgan fingerprint density at radius 2 is 1.85 bits per heavy atom. The van der Waals surface area contributed by atoms with Gasteiger partial charge in [-0.15, -0.1) is 0 Å². The molecule has 0 radical (unpaired) electrons. The van der Waals surface area contributed by atoms with Gasteiger partial charge < -0.3 is 16.2 Å². The third kappa shape index (κ3) is 3.66. The Hall–Kier alpha value is -3.37. The second-order valence-electron chi connectivity index (χ2n) is 5.36.